The van der Waals surface area contributed by atoms with Crippen molar-refractivity contribution >= 4 is 29.0 Å². The van der Waals surface area contributed by atoms with Crippen LogP contribution in [0, 0.1) is 0 Å². The van der Waals surface area contributed by atoms with Gasteiger partial charge in [0, 0.05) is 23.7 Å². The Morgan fingerprint density at radius 3 is 2.53 bits per heavy atom. The highest BCUT2D eigenvalue weighted by Crippen LogP contribution is 2.29. The Balaban J connectivity index is 3.54. The molecule has 178 valence electrons. The summed E-state index contributed by atoms with van der Waals surface area (Å²) in [5.74, 6) is 6.17. The number of H-pyrrole nitrogens is 1. The van der Waals surface area contributed by atoms with E-state index < -0.39 is 12.3 Å². The number of imidazole rings is 1. The number of aromatic amines is 1. The van der Waals surface area contributed by atoms with Gasteiger partial charge in [-0.1, -0.05) is 29.4 Å². The molecule has 0 radical (unpaired) electrons. The molecule has 2 unspecified atom stereocenters. The Labute approximate surface area is 192 Å². The zero-order valence-electron chi connectivity index (χ0n) is 19.0. The van der Waals surface area contributed by atoms with E-state index in [1.165, 1.54) is 26.0 Å². The van der Waals surface area contributed by atoms with Crippen molar-refractivity contribution in [2.24, 2.45) is 11.0 Å². The highest BCUT2D eigenvalue weighted by atomic mass is 35.5. The van der Waals surface area contributed by atoms with Crippen molar-refractivity contribution in [2.75, 3.05) is 32.5 Å². The lowest BCUT2D eigenvalue weighted by atomic mass is 10.1. The molecule has 8 nitrogen and oxygen atoms in total. The minimum Gasteiger partial charge on any atom is -0.409 e. The molecule has 0 amide bonds. The van der Waals surface area contributed by atoms with Crippen LogP contribution in [0.25, 0.3) is 5.57 Å². The van der Waals surface area contributed by atoms with Gasteiger partial charge in [0.15, 0.2) is 5.84 Å². The Bertz CT molecular complexity index is 889. The van der Waals surface area contributed by atoms with Gasteiger partial charge in [0.05, 0.1) is 11.4 Å². The van der Waals surface area contributed by atoms with Gasteiger partial charge in [0.25, 0.3) is 0 Å². The second-order valence-corrected chi connectivity index (χ2v) is 7.63. The summed E-state index contributed by atoms with van der Waals surface area (Å²) in [6, 6.07) is 0. The van der Waals surface area contributed by atoms with E-state index >= 15 is 0 Å². The lowest BCUT2D eigenvalue weighted by molar-refractivity contribution is 0.309. The average molecular weight is 472 g/mol. The first-order valence-corrected chi connectivity index (χ1v) is 10.3. The number of hydrogen-bond donors (Lipinski definition) is 4. The van der Waals surface area contributed by atoms with Gasteiger partial charge >= 0.3 is 0 Å². The maximum Gasteiger partial charge on any atom is 0.201 e. The molecule has 2 atom stereocenters. The van der Waals surface area contributed by atoms with E-state index in [-0.39, 0.29) is 34.4 Å². The van der Waals surface area contributed by atoms with E-state index in [0.717, 1.165) is 11.1 Å². The second kappa shape index (κ2) is 13.0. The van der Waals surface area contributed by atoms with Crippen molar-refractivity contribution in [1.82, 2.24) is 19.9 Å². The van der Waals surface area contributed by atoms with Crippen molar-refractivity contribution in [3.63, 3.8) is 0 Å². The predicted molar refractivity (Wildman–Crippen MR) is 127 cm³/mol. The van der Waals surface area contributed by atoms with Gasteiger partial charge in [0.2, 0.25) is 5.95 Å². The summed E-state index contributed by atoms with van der Waals surface area (Å²) < 4.78 is 28.5. The fourth-order valence-electron chi connectivity index (χ4n) is 2.66. The van der Waals surface area contributed by atoms with Gasteiger partial charge in [-0.15, -0.1) is 0 Å². The molecule has 11 heteroatoms. The molecule has 0 aliphatic heterocycles. The fraction of sp³-hybridized carbons (Fsp3) is 0.429. The number of aromatic nitrogens is 2. The SMILES string of the molecule is C=C/C(=C\C(Cl)=C/C)N(N)C(=N\O)/C(=C/C(C)F)c1nc(NCCN(C)C)[nH]c1C(C)F. The van der Waals surface area contributed by atoms with Crippen LogP contribution in [0.2, 0.25) is 0 Å². The van der Waals surface area contributed by atoms with Crippen LogP contribution in [0.4, 0.5) is 14.7 Å². The first-order valence-electron chi connectivity index (χ1n) is 9.97. The molecule has 0 bridgehead atoms. The number of amidine groups is 1. The third kappa shape index (κ3) is 7.77. The van der Waals surface area contributed by atoms with Crippen molar-refractivity contribution in [2.45, 2.75) is 33.1 Å². The van der Waals surface area contributed by atoms with Crippen molar-refractivity contribution in [1.29, 1.82) is 0 Å². The standard InChI is InChI=1S/C21H32ClF2N7O/c1-7-15(22)12-16(8-2)31(25)20(29-32)17(11-13(3)23)19-18(14(4)24)27-21(28-19)26-9-10-30(5)6/h7-8,11-14,32H,2,9-10,25H2,1,3-6H3,(H2,26,27,28)/b15-7+,16-12+,17-11+,29-20-. The van der Waals surface area contributed by atoms with Gasteiger partial charge in [-0.25, -0.2) is 19.6 Å². The highest BCUT2D eigenvalue weighted by molar-refractivity contribution is 6.31. The van der Waals surface area contributed by atoms with Crippen LogP contribution in [0.5, 0.6) is 0 Å². The molecule has 0 saturated carbocycles. The maximum atomic E-state index is 14.4. The van der Waals surface area contributed by atoms with Gasteiger partial charge in [-0.2, -0.15) is 0 Å². The number of allylic oxidation sites excluding steroid dienone is 5. The Morgan fingerprint density at radius 1 is 1.41 bits per heavy atom. The molecule has 0 aromatic carbocycles. The average Bonchev–Trinajstić information content (AvgIpc) is 3.15. The van der Waals surface area contributed by atoms with E-state index in [2.05, 4.69) is 27.0 Å². The van der Waals surface area contributed by atoms with Crippen LogP contribution >= 0.6 is 11.6 Å². The Kier molecular flexibility index (Phi) is 11.1. The third-order valence-electron chi connectivity index (χ3n) is 4.25. The molecule has 0 fully saturated rings. The van der Waals surface area contributed by atoms with Crippen molar-refractivity contribution < 1.29 is 14.0 Å². The molecule has 1 rings (SSSR count). The first-order chi connectivity index (χ1) is 15.0. The van der Waals surface area contributed by atoms with Gasteiger partial charge in [0.1, 0.15) is 18.0 Å². The van der Waals surface area contributed by atoms with Crippen molar-refractivity contribution in [3.8, 4) is 0 Å². The second-order valence-electron chi connectivity index (χ2n) is 7.19. The van der Waals surface area contributed by atoms with E-state index in [4.69, 9.17) is 17.4 Å². The number of alkyl halides is 2. The van der Waals surface area contributed by atoms with Crippen LogP contribution in [-0.2, 0) is 0 Å². The lowest BCUT2D eigenvalue weighted by Crippen LogP contribution is -2.37. The number of hydrazine groups is 1. The molecule has 1 aromatic rings. The van der Waals surface area contributed by atoms with Crippen molar-refractivity contribution in [3.05, 3.63) is 53.0 Å². The zero-order valence-corrected chi connectivity index (χ0v) is 19.8. The summed E-state index contributed by atoms with van der Waals surface area (Å²) in [6.07, 6.45) is 2.67. The monoisotopic (exact) mass is 471 g/mol. The van der Waals surface area contributed by atoms with E-state index in [9.17, 15) is 14.0 Å². The lowest BCUT2D eigenvalue weighted by Gasteiger charge is -2.22. The summed E-state index contributed by atoms with van der Waals surface area (Å²) in [7, 11) is 3.83. The van der Waals surface area contributed by atoms with Crippen LogP contribution in [0.1, 0.15) is 38.3 Å². The molecular weight excluding hydrogens is 440 g/mol. The molecule has 32 heavy (non-hydrogen) atoms. The summed E-state index contributed by atoms with van der Waals surface area (Å²) in [4.78, 5) is 9.22. The van der Waals surface area contributed by atoms with Crippen LogP contribution in [0.15, 0.2) is 46.8 Å². The molecule has 1 aromatic heterocycles. The molecule has 0 aliphatic rings. The number of likely N-dealkylation sites (N-methyl/N-ethyl adjacent to an activating group) is 1. The minimum absolute atomic E-state index is 0.00856. The van der Waals surface area contributed by atoms with Gasteiger partial charge < -0.3 is 20.4 Å². The number of oxime groups is 1. The van der Waals surface area contributed by atoms with E-state index in [1.807, 2.05) is 19.0 Å². The number of rotatable bonds is 11. The minimum atomic E-state index is -1.48. The summed E-state index contributed by atoms with van der Waals surface area (Å²) in [6.45, 7) is 9.23. The number of nitrogens with zero attached hydrogens (tertiary/aromatic N) is 4. The summed E-state index contributed by atoms with van der Waals surface area (Å²) in [5, 5.41) is 17.4. The summed E-state index contributed by atoms with van der Waals surface area (Å²) in [5.41, 5.74) is 0.383. The maximum absolute atomic E-state index is 14.4. The largest absolute Gasteiger partial charge is 0.409 e. The first kappa shape index (κ1) is 27.3. The molecule has 0 spiro atoms. The smallest absolute Gasteiger partial charge is 0.201 e. The number of anilines is 1. The fourth-order valence-corrected chi connectivity index (χ4v) is 2.77. The van der Waals surface area contributed by atoms with E-state index in [1.54, 1.807) is 13.0 Å². The molecule has 1 heterocycles. The third-order valence-corrected chi connectivity index (χ3v) is 4.57. The van der Waals surface area contributed by atoms with Crippen LogP contribution < -0.4 is 11.2 Å². The molecule has 0 saturated heterocycles. The molecular formula is C21H32ClF2N7O. The van der Waals surface area contributed by atoms with Gasteiger partial charge in [-0.05, 0) is 53.1 Å². The van der Waals surface area contributed by atoms with Crippen LogP contribution in [-0.4, -0.2) is 64.3 Å². The quantitative estimate of drug-likeness (QED) is 0.0955. The number of nitrogens with one attached hydrogen (secondary N) is 2. The summed E-state index contributed by atoms with van der Waals surface area (Å²) >= 11 is 6.05. The highest BCUT2D eigenvalue weighted by Gasteiger charge is 2.26. The topological polar surface area (TPSA) is 106 Å². The normalized spacial score (nSPS) is 15.7. The van der Waals surface area contributed by atoms with Crippen LogP contribution in [0.3, 0.4) is 0 Å². The molecule has 0 aliphatic carbocycles. The predicted octanol–water partition coefficient (Wildman–Crippen LogP) is 4.33. The zero-order chi connectivity index (χ0) is 24.4. The number of nitrogens with two attached hydrogens (primary N) is 1. The Morgan fingerprint density at radius 2 is 2.06 bits per heavy atom. The Hall–Kier alpha value is -2.69. The number of hydrogen-bond acceptors (Lipinski definition) is 6. The molecule has 5 N–H and O–H groups in total. The number of halogens is 3. The van der Waals surface area contributed by atoms with Gasteiger partial charge in [-0.3, -0.25) is 5.01 Å². The van der Waals surface area contributed by atoms with E-state index in [0.29, 0.717) is 18.1 Å².